The van der Waals surface area contributed by atoms with Gasteiger partial charge in [-0.2, -0.15) is 0 Å². The van der Waals surface area contributed by atoms with Gasteiger partial charge < -0.3 is 11.5 Å². The number of hydrogen-bond acceptors (Lipinski definition) is 4. The summed E-state index contributed by atoms with van der Waals surface area (Å²) in [6.45, 7) is 7.64. The van der Waals surface area contributed by atoms with E-state index in [0.717, 1.165) is 5.57 Å². The summed E-state index contributed by atoms with van der Waals surface area (Å²) in [5.74, 6) is 0.149. The molecule has 1 heterocycles. The Bertz CT molecular complexity index is 594. The Labute approximate surface area is 104 Å². The van der Waals surface area contributed by atoms with Gasteiger partial charge in [-0.1, -0.05) is 31.4 Å². The lowest BCUT2D eigenvalue weighted by Crippen LogP contribution is -2.21. The predicted molar refractivity (Wildman–Crippen MR) is 73.2 cm³/mol. The summed E-state index contributed by atoms with van der Waals surface area (Å²) < 4.78 is 1.75. The molecule has 0 unspecified atom stereocenters. The third kappa shape index (κ3) is 2.73. The monoisotopic (exact) mass is 250 g/mol. The van der Waals surface area contributed by atoms with Gasteiger partial charge in [-0.05, 0) is 17.8 Å². The second-order valence-electron chi connectivity index (χ2n) is 3.33. The van der Waals surface area contributed by atoms with Crippen LogP contribution in [0.15, 0.2) is 41.8 Å². The fourth-order valence-corrected chi connectivity index (χ4v) is 1.53. The highest BCUT2D eigenvalue weighted by molar-refractivity contribution is 7.71. The van der Waals surface area contributed by atoms with Gasteiger partial charge in [-0.25, -0.2) is 0 Å². The van der Waals surface area contributed by atoms with Crippen LogP contribution >= 0.6 is 12.2 Å². The van der Waals surface area contributed by atoms with Gasteiger partial charge in [0.15, 0.2) is 4.77 Å². The van der Waals surface area contributed by atoms with Crippen LogP contribution in [0.2, 0.25) is 0 Å². The molecule has 0 radical (unpaired) electrons. The van der Waals surface area contributed by atoms with E-state index in [4.69, 9.17) is 23.7 Å². The Morgan fingerprint density at radius 1 is 1.47 bits per heavy atom. The molecule has 0 aliphatic carbocycles. The largest absolute Gasteiger partial charge is 0.391 e. The summed E-state index contributed by atoms with van der Waals surface area (Å²) >= 11 is 5.02. The number of anilines is 2. The lowest BCUT2D eigenvalue weighted by molar-refractivity contribution is 0.760. The molecular weight excluding hydrogens is 236 g/mol. The Hall–Kier alpha value is -2.08. The number of aromatic amines is 1. The van der Waals surface area contributed by atoms with Crippen molar-refractivity contribution in [2.45, 2.75) is 6.54 Å². The van der Waals surface area contributed by atoms with E-state index in [1.807, 2.05) is 0 Å². The van der Waals surface area contributed by atoms with Crippen molar-refractivity contribution in [1.29, 1.82) is 0 Å². The smallest absolute Gasteiger partial charge is 0.277 e. The van der Waals surface area contributed by atoms with Crippen molar-refractivity contribution >= 4 is 23.7 Å². The number of hydrogen-bond donors (Lipinski definition) is 3. The number of nitrogens with two attached hydrogens (primary N) is 2. The molecule has 0 saturated heterocycles. The quantitative estimate of drug-likeness (QED) is 0.556. The van der Waals surface area contributed by atoms with Crippen LogP contribution < -0.4 is 17.0 Å². The number of nitrogens with zero attached hydrogens (tertiary/aromatic N) is 1. The molecule has 0 amide bonds. The molecule has 6 heteroatoms. The van der Waals surface area contributed by atoms with Crippen LogP contribution in [-0.2, 0) is 6.54 Å². The molecule has 17 heavy (non-hydrogen) atoms. The van der Waals surface area contributed by atoms with E-state index in [1.54, 1.807) is 18.2 Å². The van der Waals surface area contributed by atoms with Crippen molar-refractivity contribution in [3.8, 4) is 0 Å². The maximum atomic E-state index is 11.3. The number of rotatable bonds is 4. The van der Waals surface area contributed by atoms with Crippen LogP contribution in [0.4, 0.5) is 11.5 Å². The van der Waals surface area contributed by atoms with Crippen molar-refractivity contribution in [1.82, 2.24) is 9.55 Å². The number of allylic oxidation sites excluding steroid dienone is 4. The molecule has 1 aromatic heterocycles. The summed E-state index contributed by atoms with van der Waals surface area (Å²) in [7, 11) is 0. The van der Waals surface area contributed by atoms with Crippen molar-refractivity contribution < 1.29 is 0 Å². The van der Waals surface area contributed by atoms with Crippen molar-refractivity contribution in [3.05, 3.63) is 52.1 Å². The highest BCUT2D eigenvalue weighted by atomic mass is 32.1. The van der Waals surface area contributed by atoms with Gasteiger partial charge in [0, 0.05) is 0 Å². The molecule has 0 aliphatic heterocycles. The second-order valence-corrected chi connectivity index (χ2v) is 3.71. The maximum Gasteiger partial charge on any atom is 0.277 e. The highest BCUT2D eigenvalue weighted by Crippen LogP contribution is 2.12. The van der Waals surface area contributed by atoms with Crippen molar-refractivity contribution in [2.24, 2.45) is 0 Å². The van der Waals surface area contributed by atoms with Gasteiger partial charge in [0.2, 0.25) is 0 Å². The lowest BCUT2D eigenvalue weighted by Gasteiger charge is -2.12. The first-order chi connectivity index (χ1) is 8.01. The molecule has 0 aromatic carbocycles. The van der Waals surface area contributed by atoms with Gasteiger partial charge in [-0.3, -0.25) is 14.3 Å². The number of H-pyrrole nitrogens is 1. The molecular formula is C11H14N4OS. The molecule has 5 nitrogen and oxygen atoms in total. The zero-order chi connectivity index (χ0) is 13.0. The van der Waals surface area contributed by atoms with Gasteiger partial charge >= 0.3 is 0 Å². The SMILES string of the molecule is C=C/C=C(\C=C)Cn1c(N)c(N)c(=O)[nH]c1=S. The Kier molecular flexibility index (Phi) is 4.06. The fourth-order valence-electron chi connectivity index (χ4n) is 1.28. The van der Waals surface area contributed by atoms with Crippen LogP contribution in [-0.4, -0.2) is 9.55 Å². The maximum absolute atomic E-state index is 11.3. The van der Waals surface area contributed by atoms with Crippen LogP contribution in [0.3, 0.4) is 0 Å². The third-order valence-electron chi connectivity index (χ3n) is 2.21. The fraction of sp³-hybridized carbons (Fsp3) is 0.0909. The average molecular weight is 250 g/mol. The summed E-state index contributed by atoms with van der Waals surface area (Å²) in [4.78, 5) is 13.8. The molecule has 0 fully saturated rings. The zero-order valence-corrected chi connectivity index (χ0v) is 10.1. The molecule has 0 saturated carbocycles. The molecule has 0 aliphatic rings. The van der Waals surface area contributed by atoms with E-state index in [2.05, 4.69) is 18.1 Å². The molecule has 5 N–H and O–H groups in total. The molecule has 0 spiro atoms. The Morgan fingerprint density at radius 3 is 2.65 bits per heavy atom. The molecule has 0 atom stereocenters. The van der Waals surface area contributed by atoms with E-state index < -0.39 is 5.56 Å². The minimum absolute atomic E-state index is 0.0411. The first kappa shape index (κ1) is 13.0. The number of nitrogen functional groups attached to an aromatic ring is 2. The second kappa shape index (κ2) is 5.31. The lowest BCUT2D eigenvalue weighted by atomic mass is 10.2. The standard InChI is InChI=1S/C11H14N4OS/c1-3-5-7(4-2)6-15-9(13)8(12)10(16)14-11(15)17/h3-5H,1-2,6,12-13H2,(H,14,16,17)/b7-5+. The highest BCUT2D eigenvalue weighted by Gasteiger charge is 2.07. The topological polar surface area (TPSA) is 89.8 Å². The van der Waals surface area contributed by atoms with E-state index in [1.165, 1.54) is 4.57 Å². The average Bonchev–Trinajstić information content (AvgIpc) is 2.30. The van der Waals surface area contributed by atoms with E-state index in [9.17, 15) is 4.79 Å². The number of aromatic nitrogens is 2. The normalized spacial score (nSPS) is 11.2. The van der Waals surface area contributed by atoms with Crippen LogP contribution in [0.25, 0.3) is 0 Å². The molecule has 1 aromatic rings. The van der Waals surface area contributed by atoms with E-state index >= 15 is 0 Å². The summed E-state index contributed by atoms with van der Waals surface area (Å²) in [5, 5.41) is 0. The van der Waals surface area contributed by atoms with Crippen LogP contribution in [0.5, 0.6) is 0 Å². The Balaban J connectivity index is 3.34. The Morgan fingerprint density at radius 2 is 2.12 bits per heavy atom. The first-order valence-electron chi connectivity index (χ1n) is 4.83. The number of nitrogens with one attached hydrogen (secondary N) is 1. The zero-order valence-electron chi connectivity index (χ0n) is 9.27. The van der Waals surface area contributed by atoms with E-state index in [-0.39, 0.29) is 16.3 Å². The summed E-state index contributed by atoms with van der Waals surface area (Å²) in [6.07, 6.45) is 5.06. The van der Waals surface area contributed by atoms with Crippen LogP contribution in [0.1, 0.15) is 0 Å². The van der Waals surface area contributed by atoms with Gasteiger partial charge in [0.05, 0.1) is 6.54 Å². The predicted octanol–water partition coefficient (Wildman–Crippen LogP) is 1.37. The summed E-state index contributed by atoms with van der Waals surface area (Å²) in [6, 6.07) is 0. The molecule has 0 bridgehead atoms. The van der Waals surface area contributed by atoms with Gasteiger partial charge in [-0.15, -0.1) is 0 Å². The van der Waals surface area contributed by atoms with E-state index in [0.29, 0.717) is 6.54 Å². The van der Waals surface area contributed by atoms with Crippen LogP contribution in [0, 0.1) is 4.77 Å². The van der Waals surface area contributed by atoms with Gasteiger partial charge in [0.25, 0.3) is 5.56 Å². The minimum atomic E-state index is -0.475. The molecule has 1 rings (SSSR count). The van der Waals surface area contributed by atoms with Crippen molar-refractivity contribution in [2.75, 3.05) is 11.5 Å². The van der Waals surface area contributed by atoms with Crippen molar-refractivity contribution in [3.63, 3.8) is 0 Å². The van der Waals surface area contributed by atoms with Gasteiger partial charge in [0.1, 0.15) is 11.5 Å². The minimum Gasteiger partial charge on any atom is -0.391 e. The third-order valence-corrected chi connectivity index (χ3v) is 2.53. The molecule has 90 valence electrons. The summed E-state index contributed by atoms with van der Waals surface area (Å²) in [5.41, 5.74) is 11.6. The first-order valence-corrected chi connectivity index (χ1v) is 5.24.